The normalized spacial score (nSPS) is 19.0. The van der Waals surface area contributed by atoms with Crippen LogP contribution in [0.4, 0.5) is 4.39 Å². The zero-order valence-corrected chi connectivity index (χ0v) is 13.2. The Kier molecular flexibility index (Phi) is 5.56. The molecule has 21 heavy (non-hydrogen) atoms. The van der Waals surface area contributed by atoms with Crippen LogP contribution < -0.4 is 10.5 Å². The fourth-order valence-electron chi connectivity index (χ4n) is 2.95. The van der Waals surface area contributed by atoms with Crippen molar-refractivity contribution in [3.63, 3.8) is 0 Å². The molecule has 0 aromatic heterocycles. The molecular weight excluding hydrogens is 269 g/mol. The molecule has 1 aromatic carbocycles. The van der Waals surface area contributed by atoms with Crippen molar-refractivity contribution in [1.82, 2.24) is 9.80 Å². The summed E-state index contributed by atoms with van der Waals surface area (Å²) >= 11 is 0. The van der Waals surface area contributed by atoms with Gasteiger partial charge in [-0.15, -0.1) is 0 Å². The maximum absolute atomic E-state index is 13.9. The van der Waals surface area contributed by atoms with Crippen LogP contribution in [0.15, 0.2) is 18.2 Å². The Morgan fingerprint density at radius 2 is 1.81 bits per heavy atom. The number of methoxy groups -OCH3 is 1. The minimum atomic E-state index is -0.325. The molecule has 0 spiro atoms. The summed E-state index contributed by atoms with van der Waals surface area (Å²) in [5.41, 5.74) is 6.87. The van der Waals surface area contributed by atoms with E-state index in [0.29, 0.717) is 12.6 Å². The lowest BCUT2D eigenvalue weighted by molar-refractivity contribution is 0.0801. The Morgan fingerprint density at radius 1 is 1.19 bits per heavy atom. The van der Waals surface area contributed by atoms with Crippen molar-refractivity contribution < 1.29 is 9.13 Å². The molecule has 1 heterocycles. The van der Waals surface area contributed by atoms with Crippen LogP contribution in [0.25, 0.3) is 0 Å². The lowest BCUT2D eigenvalue weighted by atomic mass is 10.0. The number of piperazine rings is 1. The highest BCUT2D eigenvalue weighted by molar-refractivity contribution is 5.31. The van der Waals surface area contributed by atoms with E-state index in [4.69, 9.17) is 10.5 Å². The van der Waals surface area contributed by atoms with Crippen molar-refractivity contribution in [3.05, 3.63) is 29.6 Å². The van der Waals surface area contributed by atoms with Gasteiger partial charge in [0, 0.05) is 44.8 Å². The van der Waals surface area contributed by atoms with E-state index in [-0.39, 0.29) is 17.6 Å². The topological polar surface area (TPSA) is 41.7 Å². The second-order valence-corrected chi connectivity index (χ2v) is 5.81. The van der Waals surface area contributed by atoms with Gasteiger partial charge in [-0.2, -0.15) is 0 Å². The number of hydrogen-bond donors (Lipinski definition) is 1. The fourth-order valence-corrected chi connectivity index (χ4v) is 2.95. The molecule has 0 amide bonds. The highest BCUT2D eigenvalue weighted by Crippen LogP contribution is 2.26. The second kappa shape index (κ2) is 7.20. The number of benzene rings is 1. The molecule has 0 radical (unpaired) electrons. The van der Waals surface area contributed by atoms with Crippen molar-refractivity contribution in [3.8, 4) is 5.75 Å². The van der Waals surface area contributed by atoms with Crippen LogP contribution in [0.3, 0.4) is 0 Å². The highest BCUT2D eigenvalue weighted by Gasteiger charge is 2.25. The van der Waals surface area contributed by atoms with E-state index < -0.39 is 0 Å². The Bertz CT molecular complexity index is 459. The Balaban J connectivity index is 2.08. The molecule has 1 saturated heterocycles. The van der Waals surface area contributed by atoms with Crippen molar-refractivity contribution in [2.75, 3.05) is 39.8 Å². The van der Waals surface area contributed by atoms with Crippen molar-refractivity contribution >= 4 is 0 Å². The van der Waals surface area contributed by atoms with Crippen LogP contribution in [-0.4, -0.2) is 55.7 Å². The van der Waals surface area contributed by atoms with Crippen LogP contribution in [-0.2, 0) is 0 Å². The van der Waals surface area contributed by atoms with Crippen molar-refractivity contribution in [2.24, 2.45) is 5.73 Å². The molecule has 1 aliphatic heterocycles. The van der Waals surface area contributed by atoms with E-state index in [1.54, 1.807) is 12.1 Å². The summed E-state index contributed by atoms with van der Waals surface area (Å²) in [7, 11) is 1.48. The molecule has 0 saturated carbocycles. The first-order chi connectivity index (χ1) is 10.1. The summed E-state index contributed by atoms with van der Waals surface area (Å²) < 4.78 is 18.9. The summed E-state index contributed by atoms with van der Waals surface area (Å²) in [6, 6.07) is 5.78. The molecule has 1 fully saturated rings. The first-order valence-corrected chi connectivity index (χ1v) is 7.58. The summed E-state index contributed by atoms with van der Waals surface area (Å²) in [6.07, 6.45) is 0. The summed E-state index contributed by atoms with van der Waals surface area (Å²) in [4.78, 5) is 4.80. The standard InChI is InChI=1S/C16H26FN3O/c1-12(2)19-6-8-20(9-7-19)15(11-18)13-4-5-16(21-3)14(17)10-13/h4-5,10,12,15H,6-9,11,18H2,1-3H3. The summed E-state index contributed by atoms with van der Waals surface area (Å²) in [5, 5.41) is 0. The molecule has 4 nitrogen and oxygen atoms in total. The summed E-state index contributed by atoms with van der Waals surface area (Å²) in [5.74, 6) is -0.0478. The van der Waals surface area contributed by atoms with Gasteiger partial charge < -0.3 is 10.5 Å². The van der Waals surface area contributed by atoms with E-state index in [1.165, 1.54) is 7.11 Å². The smallest absolute Gasteiger partial charge is 0.165 e. The molecule has 1 atom stereocenters. The van der Waals surface area contributed by atoms with Gasteiger partial charge in [0.05, 0.1) is 7.11 Å². The number of hydrogen-bond acceptors (Lipinski definition) is 4. The van der Waals surface area contributed by atoms with E-state index in [0.717, 1.165) is 31.7 Å². The second-order valence-electron chi connectivity index (χ2n) is 5.81. The Hall–Kier alpha value is -1.17. The van der Waals surface area contributed by atoms with Crippen molar-refractivity contribution in [1.29, 1.82) is 0 Å². The third-order valence-electron chi connectivity index (χ3n) is 4.30. The number of rotatable bonds is 5. The molecule has 1 aliphatic rings. The minimum Gasteiger partial charge on any atom is -0.494 e. The fraction of sp³-hybridized carbons (Fsp3) is 0.625. The van der Waals surface area contributed by atoms with E-state index in [9.17, 15) is 4.39 Å². The zero-order valence-electron chi connectivity index (χ0n) is 13.2. The van der Waals surface area contributed by atoms with Crippen LogP contribution in [0.2, 0.25) is 0 Å². The third-order valence-corrected chi connectivity index (χ3v) is 4.30. The van der Waals surface area contributed by atoms with E-state index in [1.807, 2.05) is 6.07 Å². The number of nitrogens with zero attached hydrogens (tertiary/aromatic N) is 2. The van der Waals surface area contributed by atoms with Gasteiger partial charge in [0.15, 0.2) is 11.6 Å². The molecular formula is C16H26FN3O. The molecule has 118 valence electrons. The molecule has 2 N–H and O–H groups in total. The zero-order chi connectivity index (χ0) is 15.4. The average Bonchev–Trinajstić information content (AvgIpc) is 2.49. The van der Waals surface area contributed by atoms with Gasteiger partial charge in [-0.05, 0) is 31.5 Å². The number of ether oxygens (including phenoxy) is 1. The van der Waals surface area contributed by atoms with Crippen molar-refractivity contribution in [2.45, 2.75) is 25.9 Å². The highest BCUT2D eigenvalue weighted by atomic mass is 19.1. The maximum Gasteiger partial charge on any atom is 0.165 e. The molecule has 0 aliphatic carbocycles. The van der Waals surface area contributed by atoms with Gasteiger partial charge in [0.25, 0.3) is 0 Å². The number of halogens is 1. The molecule has 1 unspecified atom stereocenters. The predicted octanol–water partition coefficient (Wildman–Crippen LogP) is 1.86. The predicted molar refractivity (Wildman–Crippen MR) is 83.0 cm³/mol. The van der Waals surface area contributed by atoms with Gasteiger partial charge >= 0.3 is 0 Å². The first-order valence-electron chi connectivity index (χ1n) is 7.58. The van der Waals surface area contributed by atoms with Gasteiger partial charge in [-0.3, -0.25) is 9.80 Å². The van der Waals surface area contributed by atoms with Crippen LogP contribution in [0, 0.1) is 5.82 Å². The van der Waals surface area contributed by atoms with Gasteiger partial charge in [-0.1, -0.05) is 6.07 Å². The Morgan fingerprint density at radius 3 is 2.29 bits per heavy atom. The SMILES string of the molecule is COc1ccc(C(CN)N2CCN(C(C)C)CC2)cc1F. The van der Waals surface area contributed by atoms with E-state index >= 15 is 0 Å². The van der Waals surface area contributed by atoms with Crippen LogP contribution >= 0.6 is 0 Å². The average molecular weight is 295 g/mol. The van der Waals surface area contributed by atoms with Gasteiger partial charge in [0.2, 0.25) is 0 Å². The van der Waals surface area contributed by atoms with Gasteiger partial charge in [0.1, 0.15) is 0 Å². The minimum absolute atomic E-state index is 0.0692. The largest absolute Gasteiger partial charge is 0.494 e. The first kappa shape index (κ1) is 16.2. The number of nitrogens with two attached hydrogens (primary N) is 1. The third kappa shape index (κ3) is 3.73. The quantitative estimate of drug-likeness (QED) is 0.900. The molecule has 2 rings (SSSR count). The van der Waals surface area contributed by atoms with Crippen LogP contribution in [0.1, 0.15) is 25.5 Å². The molecule has 1 aromatic rings. The van der Waals surface area contributed by atoms with Gasteiger partial charge in [-0.25, -0.2) is 4.39 Å². The van der Waals surface area contributed by atoms with Crippen LogP contribution in [0.5, 0.6) is 5.75 Å². The summed E-state index contributed by atoms with van der Waals surface area (Å²) in [6.45, 7) is 8.93. The maximum atomic E-state index is 13.9. The molecule has 5 heteroatoms. The monoisotopic (exact) mass is 295 g/mol. The lowest BCUT2D eigenvalue weighted by Crippen LogP contribution is -2.50. The van der Waals surface area contributed by atoms with E-state index in [2.05, 4.69) is 23.6 Å². The lowest BCUT2D eigenvalue weighted by Gasteiger charge is -2.40. The molecule has 0 bridgehead atoms. The Labute approximate surface area is 126 Å².